The average Bonchev–Trinajstić information content (AvgIpc) is 3.45. The van der Waals surface area contributed by atoms with Crippen LogP contribution in [-0.4, -0.2) is 37.2 Å². The van der Waals surface area contributed by atoms with Gasteiger partial charge in [0.15, 0.2) is 6.10 Å². The van der Waals surface area contributed by atoms with Crippen LogP contribution in [0, 0.1) is 0 Å². The Labute approximate surface area is 491 Å². The maximum absolute atomic E-state index is 12.9. The van der Waals surface area contributed by atoms with Crippen molar-refractivity contribution in [2.75, 3.05) is 13.2 Å². The predicted molar refractivity (Wildman–Crippen MR) is 344 cm³/mol. The molecule has 6 nitrogen and oxygen atoms in total. The van der Waals surface area contributed by atoms with Crippen LogP contribution in [0.4, 0.5) is 0 Å². The van der Waals surface area contributed by atoms with Crippen molar-refractivity contribution in [2.24, 2.45) is 0 Å². The van der Waals surface area contributed by atoms with Gasteiger partial charge in [0.2, 0.25) is 0 Å². The molecular formula is C73H132O6. The zero-order chi connectivity index (χ0) is 57.1. The first-order valence-electron chi connectivity index (χ1n) is 34.8. The third-order valence-corrected chi connectivity index (χ3v) is 15.6. The molecule has 0 aromatic carbocycles. The first kappa shape index (κ1) is 76.1. The van der Waals surface area contributed by atoms with Crippen molar-refractivity contribution in [3.8, 4) is 0 Å². The minimum absolute atomic E-state index is 0.0990. The van der Waals surface area contributed by atoms with Crippen LogP contribution in [0.5, 0.6) is 0 Å². The van der Waals surface area contributed by atoms with Crippen LogP contribution >= 0.6 is 0 Å². The number of carbonyl (C=O) groups excluding carboxylic acids is 3. The van der Waals surface area contributed by atoms with E-state index in [0.717, 1.165) is 70.6 Å². The second-order valence-corrected chi connectivity index (χ2v) is 23.4. The Bertz CT molecular complexity index is 1410. The number of unbranched alkanes of at least 4 members (excludes halogenated alkanes) is 44. The molecule has 0 aliphatic heterocycles. The molecule has 0 aliphatic rings. The lowest BCUT2D eigenvalue weighted by atomic mass is 10.0. The van der Waals surface area contributed by atoms with Crippen molar-refractivity contribution in [1.82, 2.24) is 0 Å². The van der Waals surface area contributed by atoms with E-state index in [0.29, 0.717) is 12.8 Å². The normalized spacial score (nSPS) is 12.4. The molecule has 0 saturated carbocycles. The van der Waals surface area contributed by atoms with Gasteiger partial charge in [-0.3, -0.25) is 14.4 Å². The van der Waals surface area contributed by atoms with Gasteiger partial charge >= 0.3 is 17.9 Å². The lowest BCUT2D eigenvalue weighted by Crippen LogP contribution is -2.30. The van der Waals surface area contributed by atoms with Gasteiger partial charge in [-0.1, -0.05) is 364 Å². The van der Waals surface area contributed by atoms with Crippen molar-refractivity contribution in [2.45, 2.75) is 374 Å². The number of hydrogen-bond acceptors (Lipinski definition) is 6. The van der Waals surface area contributed by atoms with Crippen molar-refractivity contribution >= 4 is 17.9 Å². The fraction of sp³-hybridized carbons (Fsp3) is 0.822. The topological polar surface area (TPSA) is 78.9 Å². The summed E-state index contributed by atoms with van der Waals surface area (Å²) in [5.74, 6) is -1.01. The Kier molecular flexibility index (Phi) is 65.1. The third kappa shape index (κ3) is 65.8. The highest BCUT2D eigenvalue weighted by Gasteiger charge is 2.19. The van der Waals surface area contributed by atoms with Crippen molar-refractivity contribution in [3.63, 3.8) is 0 Å². The first-order chi connectivity index (χ1) is 39.0. The molecule has 0 aliphatic carbocycles. The monoisotopic (exact) mass is 1110 g/mol. The molecule has 0 aromatic heterocycles. The molecule has 0 aromatic rings. The van der Waals surface area contributed by atoms with Crippen molar-refractivity contribution < 1.29 is 28.6 Å². The van der Waals surface area contributed by atoms with Gasteiger partial charge in [0.1, 0.15) is 13.2 Å². The molecule has 0 rings (SSSR count). The zero-order valence-electron chi connectivity index (χ0n) is 52.9. The lowest BCUT2D eigenvalue weighted by Gasteiger charge is -2.18. The second kappa shape index (κ2) is 67.6. The molecule has 0 radical (unpaired) electrons. The van der Waals surface area contributed by atoms with Crippen molar-refractivity contribution in [1.29, 1.82) is 0 Å². The van der Waals surface area contributed by atoms with E-state index < -0.39 is 12.1 Å². The minimum Gasteiger partial charge on any atom is -0.462 e. The molecule has 6 heteroatoms. The molecule has 0 spiro atoms. The van der Waals surface area contributed by atoms with Gasteiger partial charge in [0, 0.05) is 12.8 Å². The molecule has 0 N–H and O–H groups in total. The van der Waals surface area contributed by atoms with Crippen molar-refractivity contribution in [3.05, 3.63) is 60.8 Å². The summed E-state index contributed by atoms with van der Waals surface area (Å²) >= 11 is 0. The highest BCUT2D eigenvalue weighted by Crippen LogP contribution is 2.19. The van der Waals surface area contributed by atoms with E-state index >= 15 is 0 Å². The number of esters is 3. The van der Waals surface area contributed by atoms with E-state index in [-0.39, 0.29) is 31.6 Å². The fourth-order valence-electron chi connectivity index (χ4n) is 10.4. The minimum atomic E-state index is -0.812. The molecule has 79 heavy (non-hydrogen) atoms. The smallest absolute Gasteiger partial charge is 0.309 e. The quantitative estimate of drug-likeness (QED) is 0.0261. The number of rotatable bonds is 64. The van der Waals surface area contributed by atoms with Crippen LogP contribution in [0.15, 0.2) is 60.8 Å². The highest BCUT2D eigenvalue weighted by atomic mass is 16.6. The van der Waals surface area contributed by atoms with E-state index in [9.17, 15) is 14.4 Å². The maximum atomic E-state index is 12.9. The molecule has 0 heterocycles. The molecule has 0 bridgehead atoms. The summed E-state index contributed by atoms with van der Waals surface area (Å²) in [6, 6.07) is 0. The SMILES string of the molecule is CC/C=C\C/C=C\C/C=C\C/C=C\C/C=C\CC(=O)OCC(COC(=O)CCCCCCCCCCCCCCCCCCCCCCCCCCCCCC)OC(=O)CCCCCCCCCCCCCCCCCCCC. The summed E-state index contributed by atoms with van der Waals surface area (Å²) in [6.45, 7) is 6.51. The predicted octanol–water partition coefficient (Wildman–Crippen LogP) is 23.9. The zero-order valence-corrected chi connectivity index (χ0v) is 52.9. The largest absolute Gasteiger partial charge is 0.462 e. The summed E-state index contributed by atoms with van der Waals surface area (Å²) in [6.07, 6.45) is 87.2. The number of carbonyl (C=O) groups is 3. The lowest BCUT2D eigenvalue weighted by molar-refractivity contribution is -0.166. The molecule has 0 amide bonds. The van der Waals surface area contributed by atoms with Gasteiger partial charge in [0.25, 0.3) is 0 Å². The van der Waals surface area contributed by atoms with Gasteiger partial charge < -0.3 is 14.2 Å². The van der Waals surface area contributed by atoms with E-state index in [1.54, 1.807) is 0 Å². The van der Waals surface area contributed by atoms with E-state index in [4.69, 9.17) is 14.2 Å². The van der Waals surface area contributed by atoms with Crippen LogP contribution < -0.4 is 0 Å². The summed E-state index contributed by atoms with van der Waals surface area (Å²) in [7, 11) is 0. The Morgan fingerprint density at radius 1 is 0.266 bits per heavy atom. The van der Waals surface area contributed by atoms with Gasteiger partial charge in [0.05, 0.1) is 6.42 Å². The summed E-state index contributed by atoms with van der Waals surface area (Å²) in [5.41, 5.74) is 0. The van der Waals surface area contributed by atoms with Crippen LogP contribution in [0.25, 0.3) is 0 Å². The number of ether oxygens (including phenoxy) is 3. The maximum Gasteiger partial charge on any atom is 0.309 e. The Morgan fingerprint density at radius 3 is 0.772 bits per heavy atom. The summed E-state index contributed by atoms with van der Waals surface area (Å²) in [4.78, 5) is 38.3. The summed E-state index contributed by atoms with van der Waals surface area (Å²) in [5, 5.41) is 0. The number of hydrogen-bond donors (Lipinski definition) is 0. The molecule has 1 unspecified atom stereocenters. The highest BCUT2D eigenvalue weighted by molar-refractivity contribution is 5.72. The van der Waals surface area contributed by atoms with Crippen LogP contribution in [0.1, 0.15) is 367 Å². The van der Waals surface area contributed by atoms with E-state index in [2.05, 4.69) is 69.4 Å². The third-order valence-electron chi connectivity index (χ3n) is 15.6. The molecule has 0 fully saturated rings. The average molecular weight is 1110 g/mol. The second-order valence-electron chi connectivity index (χ2n) is 23.4. The Balaban J connectivity index is 4.27. The molecule has 1 atom stereocenters. The Hall–Kier alpha value is -2.89. The summed E-state index contributed by atoms with van der Waals surface area (Å²) < 4.78 is 16.9. The molecular weight excluding hydrogens is 973 g/mol. The first-order valence-corrected chi connectivity index (χ1v) is 34.8. The van der Waals surface area contributed by atoms with Gasteiger partial charge in [-0.05, 0) is 44.9 Å². The standard InChI is InChI=1S/C73H132O6/c1-4-7-10-13-16-19-22-25-28-30-32-33-34-35-36-37-38-39-40-41-43-45-48-51-54-57-60-63-66-72(75)78-69-70(68-77-71(74)65-62-59-56-53-50-47-44-27-24-21-18-15-12-9-6-3)79-73(76)67-64-61-58-55-52-49-46-42-31-29-26-23-20-17-14-11-8-5-2/h9,12,18,21,27,44,50,53,59,62,70H,4-8,10-11,13-17,19-20,22-26,28-43,45-49,51-52,54-58,60-61,63-69H2,1-3H3/b12-9-,21-18-,44-27-,53-50-,62-59-. The fourth-order valence-corrected chi connectivity index (χ4v) is 10.4. The van der Waals surface area contributed by atoms with Crippen LogP contribution in [0.3, 0.4) is 0 Å². The van der Waals surface area contributed by atoms with Gasteiger partial charge in [-0.2, -0.15) is 0 Å². The van der Waals surface area contributed by atoms with Gasteiger partial charge in [-0.25, -0.2) is 0 Å². The van der Waals surface area contributed by atoms with E-state index in [1.807, 2.05) is 12.2 Å². The molecule has 460 valence electrons. The molecule has 0 saturated heterocycles. The number of allylic oxidation sites excluding steroid dienone is 9. The van der Waals surface area contributed by atoms with Crippen LogP contribution in [0.2, 0.25) is 0 Å². The van der Waals surface area contributed by atoms with Gasteiger partial charge in [-0.15, -0.1) is 0 Å². The van der Waals surface area contributed by atoms with Crippen LogP contribution in [-0.2, 0) is 28.6 Å². The van der Waals surface area contributed by atoms with E-state index in [1.165, 1.54) is 257 Å². The Morgan fingerprint density at radius 2 is 0.494 bits per heavy atom.